The van der Waals surface area contributed by atoms with Crippen molar-refractivity contribution in [1.29, 1.82) is 5.26 Å². The number of nitrogens with zero attached hydrogens (tertiary/aromatic N) is 5. The fraction of sp³-hybridized carbons (Fsp3) is 0.333. The molecule has 3 aromatic carbocycles. The van der Waals surface area contributed by atoms with Crippen molar-refractivity contribution in [3.05, 3.63) is 81.4 Å². The zero-order chi connectivity index (χ0) is 31.9. The molecule has 234 valence electrons. The Balaban J connectivity index is 1.20. The van der Waals surface area contributed by atoms with E-state index < -0.39 is 5.97 Å². The summed E-state index contributed by atoms with van der Waals surface area (Å²) in [6.07, 6.45) is 1.53. The van der Waals surface area contributed by atoms with Gasteiger partial charge < -0.3 is 14.6 Å². The van der Waals surface area contributed by atoms with E-state index in [9.17, 15) is 20.3 Å². The molecular weight excluding hydrogens is 598 g/mol. The van der Waals surface area contributed by atoms with Gasteiger partial charge in [-0.2, -0.15) is 5.26 Å². The number of nitriles is 1. The molecule has 46 heavy (non-hydrogen) atoms. The van der Waals surface area contributed by atoms with E-state index in [-0.39, 0.29) is 12.5 Å². The lowest BCUT2D eigenvalue weighted by atomic mass is 9.91. The third-order valence-corrected chi connectivity index (χ3v) is 10.5. The Labute approximate surface area is 271 Å². The minimum absolute atomic E-state index is 0.167. The van der Waals surface area contributed by atoms with Gasteiger partial charge in [0.15, 0.2) is 5.58 Å². The maximum Gasteiger partial charge on any atom is 0.307 e. The molecule has 1 unspecified atom stereocenters. The van der Waals surface area contributed by atoms with Crippen LogP contribution in [0, 0.1) is 31.1 Å². The minimum Gasteiger partial charge on any atom is -0.481 e. The van der Waals surface area contributed by atoms with Crippen molar-refractivity contribution in [2.75, 3.05) is 32.8 Å². The summed E-state index contributed by atoms with van der Waals surface area (Å²) < 4.78 is 6.26. The Morgan fingerprint density at radius 1 is 1.04 bits per heavy atom. The number of carboxylic acids is 1. The van der Waals surface area contributed by atoms with Crippen LogP contribution in [0.1, 0.15) is 39.2 Å². The number of hydrogen-bond acceptors (Lipinski definition) is 9. The quantitative estimate of drug-likeness (QED) is 0.211. The predicted octanol–water partition coefficient (Wildman–Crippen LogP) is 6.03. The average Bonchev–Trinajstić information content (AvgIpc) is 3.80. The first-order valence-corrected chi connectivity index (χ1v) is 16.5. The molecule has 1 fully saturated rings. The topological polar surface area (TPSA) is 127 Å². The van der Waals surface area contributed by atoms with Crippen LogP contribution in [0.15, 0.2) is 52.9 Å². The van der Waals surface area contributed by atoms with E-state index in [0.717, 1.165) is 69.2 Å². The second-order valence-corrected chi connectivity index (χ2v) is 13.4. The van der Waals surface area contributed by atoms with Crippen LogP contribution in [0.5, 0.6) is 0 Å². The Morgan fingerprint density at radius 2 is 1.78 bits per heavy atom. The number of aliphatic hydroxyl groups excluding tert-OH is 1. The summed E-state index contributed by atoms with van der Waals surface area (Å²) in [5, 5.41) is 29.7. The number of β-amino-alcohol motifs (C(OH)–C–C–N with tert-alkyl or cyclic N) is 1. The first kappa shape index (κ1) is 30.3. The molecule has 0 aliphatic carbocycles. The van der Waals surface area contributed by atoms with Crippen LogP contribution >= 0.6 is 11.3 Å². The highest BCUT2D eigenvalue weighted by Gasteiger charge is 2.28. The van der Waals surface area contributed by atoms with Crippen LogP contribution in [-0.2, 0) is 24.3 Å². The van der Waals surface area contributed by atoms with E-state index >= 15 is 0 Å². The number of rotatable bonds is 8. The number of carboxylic acid groups (broad SMARTS) is 1. The van der Waals surface area contributed by atoms with Gasteiger partial charge in [-0.25, -0.2) is 9.97 Å². The molecule has 5 aromatic rings. The predicted molar refractivity (Wildman–Crippen MR) is 177 cm³/mol. The molecule has 1 atom stereocenters. The maximum atomic E-state index is 11.4. The monoisotopic (exact) mass is 633 g/mol. The molecule has 2 aromatic heterocycles. The molecule has 0 bridgehead atoms. The highest BCUT2D eigenvalue weighted by molar-refractivity contribution is 7.15. The van der Waals surface area contributed by atoms with Crippen molar-refractivity contribution in [2.45, 2.75) is 39.8 Å². The van der Waals surface area contributed by atoms with Gasteiger partial charge in [0.05, 0.1) is 23.8 Å². The van der Waals surface area contributed by atoms with Gasteiger partial charge in [-0.05, 0) is 72.8 Å². The van der Waals surface area contributed by atoms with Crippen LogP contribution < -0.4 is 0 Å². The fourth-order valence-electron chi connectivity index (χ4n) is 6.83. The second kappa shape index (κ2) is 12.4. The van der Waals surface area contributed by atoms with Crippen molar-refractivity contribution in [2.24, 2.45) is 5.92 Å². The van der Waals surface area contributed by atoms with Crippen LogP contribution in [-0.4, -0.2) is 68.7 Å². The molecule has 0 radical (unpaired) electrons. The third-order valence-electron chi connectivity index (χ3n) is 9.34. The Kier molecular flexibility index (Phi) is 8.17. The number of likely N-dealkylation sites (tertiary alicyclic amines) is 1. The highest BCUT2D eigenvalue weighted by atomic mass is 32.1. The van der Waals surface area contributed by atoms with Gasteiger partial charge in [-0.3, -0.25) is 14.6 Å². The standard InChI is InChI=1S/C36H35N5O4S/c1-21-26(27-6-4-8-29(22(27)2)35-39-30-10-12-40(13-14-42)20-32(30)46-35)5-3-7-28(21)34-38-31-16-23(15-25(17-37)33(31)45-34)18-41-11-9-24(19-41)36(43)44/h3-8,15-16,24,42H,9-14,18-20H2,1-2H3,(H,43,44). The maximum absolute atomic E-state index is 11.4. The summed E-state index contributed by atoms with van der Waals surface area (Å²) in [6.45, 7) is 8.59. The van der Waals surface area contributed by atoms with Gasteiger partial charge in [0.25, 0.3) is 0 Å². The molecule has 0 spiro atoms. The molecule has 2 N–H and O–H groups in total. The average molecular weight is 634 g/mol. The Hall–Kier alpha value is -4.40. The highest BCUT2D eigenvalue weighted by Crippen LogP contribution is 2.40. The number of aliphatic carboxylic acids is 1. The van der Waals surface area contributed by atoms with E-state index in [0.29, 0.717) is 55.2 Å². The van der Waals surface area contributed by atoms with Crippen molar-refractivity contribution >= 4 is 28.4 Å². The smallest absolute Gasteiger partial charge is 0.307 e. The molecule has 9 nitrogen and oxygen atoms in total. The van der Waals surface area contributed by atoms with Gasteiger partial charge >= 0.3 is 5.97 Å². The number of hydrogen-bond donors (Lipinski definition) is 2. The molecule has 7 rings (SSSR count). The summed E-state index contributed by atoms with van der Waals surface area (Å²) in [6, 6.07) is 18.5. The zero-order valence-corrected chi connectivity index (χ0v) is 26.7. The summed E-state index contributed by atoms with van der Waals surface area (Å²) in [5.41, 5.74) is 9.94. The van der Waals surface area contributed by atoms with E-state index in [4.69, 9.17) is 14.4 Å². The van der Waals surface area contributed by atoms with E-state index in [2.05, 4.69) is 54.0 Å². The zero-order valence-electron chi connectivity index (χ0n) is 25.9. The number of oxazole rings is 1. The molecule has 0 saturated carbocycles. The lowest BCUT2D eigenvalue weighted by Gasteiger charge is -2.24. The van der Waals surface area contributed by atoms with Crippen LogP contribution in [0.3, 0.4) is 0 Å². The van der Waals surface area contributed by atoms with Crippen molar-refractivity contribution in [1.82, 2.24) is 19.8 Å². The first-order chi connectivity index (χ1) is 22.3. The molecule has 1 saturated heterocycles. The lowest BCUT2D eigenvalue weighted by molar-refractivity contribution is -0.141. The molecule has 4 heterocycles. The summed E-state index contributed by atoms with van der Waals surface area (Å²) in [5.74, 6) is -0.652. The molecular formula is C36H35N5O4S. The molecule has 10 heteroatoms. The Morgan fingerprint density at radius 3 is 2.50 bits per heavy atom. The molecule has 2 aliphatic rings. The van der Waals surface area contributed by atoms with Gasteiger partial charge in [-0.15, -0.1) is 11.3 Å². The lowest BCUT2D eigenvalue weighted by Crippen LogP contribution is -2.32. The number of aromatic nitrogens is 2. The minimum atomic E-state index is -0.760. The SMILES string of the molecule is Cc1c(-c2nc3cc(CN4CCC(C(=O)O)C4)cc(C#N)c3o2)cccc1-c1cccc(-c2nc3c(s2)CN(CCO)CC3)c1C. The van der Waals surface area contributed by atoms with Crippen LogP contribution in [0.2, 0.25) is 0 Å². The summed E-state index contributed by atoms with van der Waals surface area (Å²) >= 11 is 1.74. The number of aliphatic hydroxyl groups is 1. The van der Waals surface area contributed by atoms with Crippen LogP contribution in [0.4, 0.5) is 0 Å². The first-order valence-electron chi connectivity index (χ1n) is 15.6. The summed E-state index contributed by atoms with van der Waals surface area (Å²) in [4.78, 5) is 27.0. The van der Waals surface area contributed by atoms with Crippen LogP contribution in [0.25, 0.3) is 44.3 Å². The van der Waals surface area contributed by atoms with Gasteiger partial charge in [0, 0.05) is 55.1 Å². The third kappa shape index (κ3) is 5.60. The number of fused-ring (bicyclic) bond motifs is 2. The number of benzene rings is 3. The Bertz CT molecular complexity index is 2010. The molecule has 2 aliphatic heterocycles. The van der Waals surface area contributed by atoms with Crippen molar-refractivity contribution in [3.8, 4) is 39.2 Å². The molecule has 0 amide bonds. The number of carbonyl (C=O) groups is 1. The summed E-state index contributed by atoms with van der Waals surface area (Å²) in [7, 11) is 0. The second-order valence-electron chi connectivity index (χ2n) is 12.3. The largest absolute Gasteiger partial charge is 0.481 e. The van der Waals surface area contributed by atoms with Crippen molar-refractivity contribution < 1.29 is 19.4 Å². The van der Waals surface area contributed by atoms with E-state index in [1.807, 2.05) is 24.3 Å². The normalized spacial score (nSPS) is 17.0. The van der Waals surface area contributed by atoms with E-state index in [1.54, 1.807) is 11.3 Å². The van der Waals surface area contributed by atoms with Gasteiger partial charge in [-0.1, -0.05) is 30.3 Å². The number of thiazole rings is 1. The van der Waals surface area contributed by atoms with Crippen molar-refractivity contribution in [3.63, 3.8) is 0 Å². The van der Waals surface area contributed by atoms with Gasteiger partial charge in [0.2, 0.25) is 5.89 Å². The van der Waals surface area contributed by atoms with E-state index in [1.165, 1.54) is 4.88 Å². The van der Waals surface area contributed by atoms with Gasteiger partial charge in [0.1, 0.15) is 16.6 Å². The fourth-order valence-corrected chi connectivity index (χ4v) is 8.06.